The van der Waals surface area contributed by atoms with E-state index in [-0.39, 0.29) is 12.4 Å². The molecule has 5 nitrogen and oxygen atoms in total. The number of halogens is 1. The normalized spacial score (nSPS) is 11.1. The van der Waals surface area contributed by atoms with Crippen LogP contribution in [0.5, 0.6) is 0 Å². The van der Waals surface area contributed by atoms with Crippen molar-refractivity contribution in [3.05, 3.63) is 24.7 Å². The number of hydrogen-bond donors (Lipinski definition) is 1. The molecule has 0 spiro atoms. The van der Waals surface area contributed by atoms with Crippen molar-refractivity contribution in [2.45, 2.75) is 20.4 Å². The summed E-state index contributed by atoms with van der Waals surface area (Å²) >= 11 is 0. The van der Waals surface area contributed by atoms with Crippen molar-refractivity contribution < 1.29 is 0 Å². The van der Waals surface area contributed by atoms with Gasteiger partial charge in [-0.25, -0.2) is 9.97 Å². The van der Waals surface area contributed by atoms with Crippen molar-refractivity contribution in [1.82, 2.24) is 19.5 Å². The number of anilines is 1. The summed E-state index contributed by atoms with van der Waals surface area (Å²) < 4.78 is 2.10. The van der Waals surface area contributed by atoms with E-state index in [1.54, 1.807) is 6.20 Å². The Kier molecular flexibility index (Phi) is 3.57. The summed E-state index contributed by atoms with van der Waals surface area (Å²) in [4.78, 5) is 13.1. The highest BCUT2D eigenvalue weighted by atomic mass is 35.5. The Morgan fingerprint density at radius 3 is 2.79 bits per heavy atom. The van der Waals surface area contributed by atoms with Crippen LogP contribution in [0.1, 0.15) is 13.8 Å². The van der Waals surface area contributed by atoms with Crippen LogP contribution in [-0.4, -0.2) is 19.5 Å². The minimum absolute atomic E-state index is 0. The molecule has 0 unspecified atom stereocenters. The van der Waals surface area contributed by atoms with Gasteiger partial charge in [-0.1, -0.05) is 13.8 Å². The Bertz CT molecular complexity index is 719. The fourth-order valence-corrected chi connectivity index (χ4v) is 2.20. The molecule has 0 aromatic carbocycles. The zero-order chi connectivity index (χ0) is 12.7. The number of hydrogen-bond acceptors (Lipinski definition) is 4. The van der Waals surface area contributed by atoms with Gasteiger partial charge in [-0.05, 0) is 18.1 Å². The quantitative estimate of drug-likeness (QED) is 0.782. The van der Waals surface area contributed by atoms with Crippen LogP contribution in [0, 0.1) is 5.92 Å². The van der Waals surface area contributed by atoms with E-state index in [4.69, 9.17) is 5.73 Å². The van der Waals surface area contributed by atoms with Crippen molar-refractivity contribution in [1.29, 1.82) is 0 Å². The molecule has 3 aromatic heterocycles. The maximum absolute atomic E-state index is 5.95. The van der Waals surface area contributed by atoms with Gasteiger partial charge in [0.05, 0.1) is 11.8 Å². The first kappa shape index (κ1) is 13.5. The maximum Gasteiger partial charge on any atom is 0.152 e. The Labute approximate surface area is 117 Å². The third kappa shape index (κ3) is 2.21. The molecule has 3 heterocycles. The second-order valence-electron chi connectivity index (χ2n) is 4.86. The van der Waals surface area contributed by atoms with Gasteiger partial charge in [0.1, 0.15) is 16.6 Å². The van der Waals surface area contributed by atoms with E-state index in [9.17, 15) is 0 Å². The molecule has 0 atom stereocenters. The molecule has 19 heavy (non-hydrogen) atoms. The van der Waals surface area contributed by atoms with Crippen molar-refractivity contribution in [3.63, 3.8) is 0 Å². The van der Waals surface area contributed by atoms with E-state index in [0.717, 1.165) is 28.6 Å². The molecule has 0 saturated heterocycles. The highest BCUT2D eigenvalue weighted by Gasteiger charge is 2.13. The zero-order valence-electron chi connectivity index (χ0n) is 10.9. The largest absolute Gasteiger partial charge is 0.382 e. The number of rotatable bonds is 2. The van der Waals surface area contributed by atoms with Crippen molar-refractivity contribution in [2.75, 3.05) is 5.73 Å². The van der Waals surface area contributed by atoms with Gasteiger partial charge in [0.15, 0.2) is 5.82 Å². The molecule has 2 N–H and O–H groups in total. The molecule has 100 valence electrons. The lowest BCUT2D eigenvalue weighted by molar-refractivity contribution is 0.533. The van der Waals surface area contributed by atoms with Crippen molar-refractivity contribution in [2.24, 2.45) is 5.92 Å². The van der Waals surface area contributed by atoms with Crippen LogP contribution in [-0.2, 0) is 6.54 Å². The van der Waals surface area contributed by atoms with Crippen LogP contribution in [0.3, 0.4) is 0 Å². The topological polar surface area (TPSA) is 69.6 Å². The van der Waals surface area contributed by atoms with Gasteiger partial charge >= 0.3 is 0 Å². The molecule has 0 bridgehead atoms. The first-order valence-electron chi connectivity index (χ1n) is 6.02. The molecule has 0 aliphatic heterocycles. The molecule has 0 amide bonds. The molecule has 0 fully saturated rings. The summed E-state index contributed by atoms with van der Waals surface area (Å²) in [5.74, 6) is 1.00. The average Bonchev–Trinajstić information content (AvgIpc) is 2.73. The van der Waals surface area contributed by atoms with Crippen LogP contribution >= 0.6 is 12.4 Å². The molecular formula is C13H16ClN5. The number of aromatic nitrogens is 4. The van der Waals surface area contributed by atoms with E-state index in [0.29, 0.717) is 11.7 Å². The van der Waals surface area contributed by atoms with Gasteiger partial charge in [-0.15, -0.1) is 12.4 Å². The molecule has 6 heteroatoms. The Hall–Kier alpha value is -1.88. The van der Waals surface area contributed by atoms with Crippen molar-refractivity contribution in [3.8, 4) is 0 Å². The van der Waals surface area contributed by atoms with Gasteiger partial charge in [0.25, 0.3) is 0 Å². The smallest absolute Gasteiger partial charge is 0.152 e. The van der Waals surface area contributed by atoms with Crippen molar-refractivity contribution >= 4 is 40.3 Å². The molecule has 0 saturated carbocycles. The van der Waals surface area contributed by atoms with Crippen LogP contribution in [0.25, 0.3) is 22.1 Å². The van der Waals surface area contributed by atoms with E-state index in [1.807, 2.05) is 18.5 Å². The van der Waals surface area contributed by atoms with Gasteiger partial charge in [0, 0.05) is 12.7 Å². The summed E-state index contributed by atoms with van der Waals surface area (Å²) in [6.07, 6.45) is 3.59. The zero-order valence-corrected chi connectivity index (χ0v) is 11.7. The van der Waals surface area contributed by atoms with Gasteiger partial charge in [-0.2, -0.15) is 0 Å². The SMILES string of the molecule is CC(C)Cn1cnc2c(N)nc3cccnc3c21.Cl. The predicted octanol–water partition coefficient (Wildman–Crippen LogP) is 2.64. The van der Waals surface area contributed by atoms with E-state index >= 15 is 0 Å². The second kappa shape index (κ2) is 5.01. The Balaban J connectivity index is 0.00000133. The Morgan fingerprint density at radius 2 is 2.05 bits per heavy atom. The van der Waals surface area contributed by atoms with Gasteiger partial charge in [-0.3, -0.25) is 4.98 Å². The average molecular weight is 278 g/mol. The standard InChI is InChI=1S/C13H15N5.ClH/c1-8(2)6-18-7-16-11-12(18)10-9(17-13(11)14)4-3-5-15-10;/h3-5,7-8H,6H2,1-2H3,(H2,14,17);1H. The van der Waals surface area contributed by atoms with E-state index < -0.39 is 0 Å². The number of nitrogen functional groups attached to an aromatic ring is 1. The molecular weight excluding hydrogens is 262 g/mol. The van der Waals surface area contributed by atoms with E-state index in [2.05, 4.69) is 33.4 Å². The van der Waals surface area contributed by atoms with Crippen LogP contribution in [0.15, 0.2) is 24.7 Å². The number of nitrogens with two attached hydrogens (primary N) is 1. The first-order valence-corrected chi connectivity index (χ1v) is 6.02. The highest BCUT2D eigenvalue weighted by molar-refractivity contribution is 6.03. The lowest BCUT2D eigenvalue weighted by Crippen LogP contribution is -2.04. The molecule has 3 aromatic rings. The predicted molar refractivity (Wildman–Crippen MR) is 79.3 cm³/mol. The first-order chi connectivity index (χ1) is 8.66. The summed E-state index contributed by atoms with van der Waals surface area (Å²) in [5, 5.41) is 0. The fourth-order valence-electron chi connectivity index (χ4n) is 2.20. The lowest BCUT2D eigenvalue weighted by Gasteiger charge is -2.08. The summed E-state index contributed by atoms with van der Waals surface area (Å²) in [5.41, 5.74) is 9.34. The third-order valence-electron chi connectivity index (χ3n) is 2.89. The number of fused-ring (bicyclic) bond motifs is 3. The molecule has 0 aliphatic carbocycles. The van der Waals surface area contributed by atoms with Crippen LogP contribution in [0.4, 0.5) is 5.82 Å². The maximum atomic E-state index is 5.95. The van der Waals surface area contributed by atoms with Gasteiger partial charge in [0.2, 0.25) is 0 Å². The monoisotopic (exact) mass is 277 g/mol. The summed E-state index contributed by atoms with van der Waals surface area (Å²) in [7, 11) is 0. The minimum Gasteiger partial charge on any atom is -0.382 e. The van der Waals surface area contributed by atoms with Crippen LogP contribution in [0.2, 0.25) is 0 Å². The summed E-state index contributed by atoms with van der Waals surface area (Å²) in [6, 6.07) is 3.79. The minimum atomic E-state index is 0. The fraction of sp³-hybridized carbons (Fsp3) is 0.308. The highest BCUT2D eigenvalue weighted by Crippen LogP contribution is 2.25. The number of nitrogens with zero attached hydrogens (tertiary/aromatic N) is 4. The number of pyridine rings is 2. The van der Waals surface area contributed by atoms with E-state index in [1.165, 1.54) is 0 Å². The molecule has 0 aliphatic rings. The molecule has 0 radical (unpaired) electrons. The van der Waals surface area contributed by atoms with Gasteiger partial charge < -0.3 is 10.3 Å². The van der Waals surface area contributed by atoms with Crippen LogP contribution < -0.4 is 5.73 Å². The third-order valence-corrected chi connectivity index (χ3v) is 2.89. The second-order valence-corrected chi connectivity index (χ2v) is 4.86. The molecule has 3 rings (SSSR count). The lowest BCUT2D eigenvalue weighted by atomic mass is 10.2. The number of imidazole rings is 1. The Morgan fingerprint density at radius 1 is 1.26 bits per heavy atom. The summed E-state index contributed by atoms with van der Waals surface area (Å²) in [6.45, 7) is 5.24.